The molecule has 18 heavy (non-hydrogen) atoms. The van der Waals surface area contributed by atoms with Crippen LogP contribution >= 0.6 is 11.6 Å². The Morgan fingerprint density at radius 3 is 2.67 bits per heavy atom. The summed E-state index contributed by atoms with van der Waals surface area (Å²) in [5.41, 5.74) is 2.08. The fraction of sp³-hybridized carbons (Fsp3) is 0.500. The summed E-state index contributed by atoms with van der Waals surface area (Å²) in [5, 5.41) is 3.82. The summed E-state index contributed by atoms with van der Waals surface area (Å²) in [6.07, 6.45) is 0. The largest absolute Gasteiger partial charge is 0.312 e. The van der Waals surface area contributed by atoms with E-state index in [1.54, 1.807) is 6.92 Å². The first-order valence-corrected chi connectivity index (χ1v) is 7.90. The van der Waals surface area contributed by atoms with Gasteiger partial charge in [-0.25, -0.2) is 13.1 Å². The number of hydrogen-bond donors (Lipinski definition) is 2. The molecule has 0 saturated carbocycles. The minimum absolute atomic E-state index is 0.0838. The van der Waals surface area contributed by atoms with E-state index in [9.17, 15) is 8.42 Å². The molecule has 0 amide bonds. The molecule has 0 aliphatic carbocycles. The van der Waals surface area contributed by atoms with Crippen molar-refractivity contribution in [2.75, 3.05) is 18.8 Å². The van der Waals surface area contributed by atoms with Gasteiger partial charge < -0.3 is 5.32 Å². The molecule has 0 aliphatic rings. The van der Waals surface area contributed by atoms with Crippen LogP contribution in [0.2, 0.25) is 5.02 Å². The van der Waals surface area contributed by atoms with E-state index in [0.29, 0.717) is 19.6 Å². The lowest BCUT2D eigenvalue weighted by Crippen LogP contribution is -2.31. The number of rotatable bonds is 7. The van der Waals surface area contributed by atoms with Gasteiger partial charge in [-0.3, -0.25) is 0 Å². The van der Waals surface area contributed by atoms with Gasteiger partial charge in [0.25, 0.3) is 0 Å². The summed E-state index contributed by atoms with van der Waals surface area (Å²) in [6, 6.07) is 5.82. The second-order valence-corrected chi connectivity index (χ2v) is 6.41. The Labute approximate surface area is 114 Å². The highest BCUT2D eigenvalue weighted by atomic mass is 35.5. The first kappa shape index (κ1) is 15.4. The molecule has 1 aromatic carbocycles. The summed E-state index contributed by atoms with van der Waals surface area (Å²) < 4.78 is 25.2. The van der Waals surface area contributed by atoms with Crippen molar-refractivity contribution < 1.29 is 8.42 Å². The zero-order valence-electron chi connectivity index (χ0n) is 10.7. The van der Waals surface area contributed by atoms with E-state index in [2.05, 4.69) is 10.0 Å². The second kappa shape index (κ2) is 7.09. The van der Waals surface area contributed by atoms with E-state index in [0.717, 1.165) is 16.1 Å². The van der Waals surface area contributed by atoms with Gasteiger partial charge in [-0.15, -0.1) is 0 Å². The van der Waals surface area contributed by atoms with Crippen molar-refractivity contribution >= 4 is 21.6 Å². The maximum absolute atomic E-state index is 11.4. The Kier molecular flexibility index (Phi) is 6.08. The number of sulfonamides is 1. The minimum atomic E-state index is -3.14. The lowest BCUT2D eigenvalue weighted by Gasteiger charge is -2.07. The van der Waals surface area contributed by atoms with E-state index in [4.69, 9.17) is 11.6 Å². The Hall–Kier alpha value is -0.620. The van der Waals surface area contributed by atoms with Crippen molar-refractivity contribution in [3.8, 4) is 0 Å². The van der Waals surface area contributed by atoms with Crippen LogP contribution in [0.5, 0.6) is 0 Å². The summed E-state index contributed by atoms with van der Waals surface area (Å²) in [4.78, 5) is 0. The van der Waals surface area contributed by atoms with Crippen LogP contribution in [0.15, 0.2) is 18.2 Å². The summed E-state index contributed by atoms with van der Waals surface area (Å²) in [7, 11) is -3.14. The van der Waals surface area contributed by atoms with Crippen molar-refractivity contribution in [2.24, 2.45) is 0 Å². The molecule has 102 valence electrons. The van der Waals surface area contributed by atoms with E-state index >= 15 is 0 Å². The smallest absolute Gasteiger partial charge is 0.212 e. The number of aryl methyl sites for hydroxylation is 1. The lowest BCUT2D eigenvalue weighted by atomic mass is 10.1. The Morgan fingerprint density at radius 2 is 2.06 bits per heavy atom. The molecule has 0 aliphatic heterocycles. The van der Waals surface area contributed by atoms with Crippen LogP contribution in [0.1, 0.15) is 18.1 Å². The highest BCUT2D eigenvalue weighted by Gasteiger charge is 2.07. The molecule has 0 fully saturated rings. The zero-order chi connectivity index (χ0) is 13.6. The SMILES string of the molecule is CCNS(=O)(=O)CCNCc1ccc(C)c(Cl)c1. The first-order valence-electron chi connectivity index (χ1n) is 5.87. The van der Waals surface area contributed by atoms with Crippen molar-refractivity contribution in [2.45, 2.75) is 20.4 Å². The van der Waals surface area contributed by atoms with Crippen LogP contribution in [-0.2, 0) is 16.6 Å². The maximum atomic E-state index is 11.4. The van der Waals surface area contributed by atoms with E-state index in [1.807, 2.05) is 25.1 Å². The summed E-state index contributed by atoms with van der Waals surface area (Å²) in [5.74, 6) is 0.0838. The van der Waals surface area contributed by atoms with Gasteiger partial charge in [0.2, 0.25) is 10.0 Å². The Morgan fingerprint density at radius 1 is 1.33 bits per heavy atom. The number of hydrogen-bond acceptors (Lipinski definition) is 3. The van der Waals surface area contributed by atoms with Crippen LogP contribution in [0.3, 0.4) is 0 Å². The monoisotopic (exact) mass is 290 g/mol. The summed E-state index contributed by atoms with van der Waals surface area (Å²) >= 11 is 6.01. The molecule has 0 radical (unpaired) electrons. The predicted molar refractivity (Wildman–Crippen MR) is 75.4 cm³/mol. The third kappa shape index (κ3) is 5.35. The molecule has 2 N–H and O–H groups in total. The van der Waals surface area contributed by atoms with E-state index in [-0.39, 0.29) is 5.75 Å². The molecule has 0 unspecified atom stereocenters. The quantitative estimate of drug-likeness (QED) is 0.751. The van der Waals surface area contributed by atoms with Gasteiger partial charge >= 0.3 is 0 Å². The average molecular weight is 291 g/mol. The van der Waals surface area contributed by atoms with Gasteiger partial charge in [0, 0.05) is 24.7 Å². The van der Waals surface area contributed by atoms with Crippen LogP contribution in [-0.4, -0.2) is 27.3 Å². The molecule has 0 atom stereocenters. The van der Waals surface area contributed by atoms with Gasteiger partial charge in [0.1, 0.15) is 0 Å². The van der Waals surface area contributed by atoms with Gasteiger partial charge in [-0.1, -0.05) is 30.7 Å². The Balaban J connectivity index is 2.36. The van der Waals surface area contributed by atoms with Gasteiger partial charge in [0.15, 0.2) is 0 Å². The molecule has 0 saturated heterocycles. The van der Waals surface area contributed by atoms with Crippen molar-refractivity contribution in [3.63, 3.8) is 0 Å². The van der Waals surface area contributed by atoms with E-state index in [1.165, 1.54) is 0 Å². The topological polar surface area (TPSA) is 58.2 Å². The third-order valence-corrected chi connectivity index (χ3v) is 4.35. The molecular weight excluding hydrogens is 272 g/mol. The molecule has 6 heteroatoms. The number of benzene rings is 1. The van der Waals surface area contributed by atoms with Crippen molar-refractivity contribution in [1.29, 1.82) is 0 Å². The fourth-order valence-electron chi connectivity index (χ4n) is 1.48. The first-order chi connectivity index (χ1) is 8.44. The molecule has 4 nitrogen and oxygen atoms in total. The van der Waals surface area contributed by atoms with Crippen molar-refractivity contribution in [1.82, 2.24) is 10.0 Å². The molecule has 0 spiro atoms. The predicted octanol–water partition coefficient (Wildman–Crippen LogP) is 1.68. The minimum Gasteiger partial charge on any atom is -0.312 e. The second-order valence-electron chi connectivity index (χ2n) is 4.08. The maximum Gasteiger partial charge on any atom is 0.212 e. The molecule has 1 aromatic rings. The van der Waals surface area contributed by atoms with Crippen LogP contribution in [0.25, 0.3) is 0 Å². The average Bonchev–Trinajstić information content (AvgIpc) is 2.29. The molecular formula is C12H19ClN2O2S. The lowest BCUT2D eigenvalue weighted by molar-refractivity contribution is 0.578. The van der Waals surface area contributed by atoms with Crippen LogP contribution in [0, 0.1) is 6.92 Å². The molecule has 0 bridgehead atoms. The number of nitrogens with one attached hydrogen (secondary N) is 2. The van der Waals surface area contributed by atoms with Gasteiger partial charge in [-0.05, 0) is 24.1 Å². The normalized spacial score (nSPS) is 11.7. The van der Waals surface area contributed by atoms with Crippen LogP contribution in [0.4, 0.5) is 0 Å². The highest BCUT2D eigenvalue weighted by molar-refractivity contribution is 7.89. The molecule has 1 rings (SSSR count). The fourth-order valence-corrected chi connectivity index (χ4v) is 2.68. The van der Waals surface area contributed by atoms with Gasteiger partial charge in [-0.2, -0.15) is 0 Å². The third-order valence-electron chi connectivity index (χ3n) is 2.48. The zero-order valence-corrected chi connectivity index (χ0v) is 12.2. The van der Waals surface area contributed by atoms with E-state index < -0.39 is 10.0 Å². The highest BCUT2D eigenvalue weighted by Crippen LogP contribution is 2.16. The summed E-state index contributed by atoms with van der Waals surface area (Å²) in [6.45, 7) is 5.17. The van der Waals surface area contributed by atoms with Crippen LogP contribution < -0.4 is 10.0 Å². The Bertz CT molecular complexity index is 489. The van der Waals surface area contributed by atoms with Gasteiger partial charge in [0.05, 0.1) is 5.75 Å². The van der Waals surface area contributed by atoms with Crippen molar-refractivity contribution in [3.05, 3.63) is 34.3 Å². The number of halogens is 1. The standard InChI is InChI=1S/C12H19ClN2O2S/c1-3-15-18(16,17)7-6-14-9-11-5-4-10(2)12(13)8-11/h4-5,8,14-15H,3,6-7,9H2,1-2H3. The molecule has 0 aromatic heterocycles. The molecule has 0 heterocycles.